The lowest BCUT2D eigenvalue weighted by Gasteiger charge is -2.28. The molecule has 1 aromatic heterocycles. The summed E-state index contributed by atoms with van der Waals surface area (Å²) >= 11 is 0. The van der Waals surface area contributed by atoms with Gasteiger partial charge in [0.15, 0.2) is 0 Å². The molecule has 2 amide bonds. The molecule has 0 aliphatic heterocycles. The highest BCUT2D eigenvalue weighted by Gasteiger charge is 2.22. The Bertz CT molecular complexity index is 1100. The molecule has 7 heteroatoms. The van der Waals surface area contributed by atoms with Crippen molar-refractivity contribution >= 4 is 11.8 Å². The topological polar surface area (TPSA) is 54.8 Å². The molecular formula is C30H38FN3O3. The van der Waals surface area contributed by atoms with Gasteiger partial charge in [-0.3, -0.25) is 9.59 Å². The molecule has 0 aliphatic carbocycles. The third kappa shape index (κ3) is 9.17. The van der Waals surface area contributed by atoms with Crippen LogP contribution in [0.15, 0.2) is 72.9 Å². The van der Waals surface area contributed by atoms with E-state index in [2.05, 4.69) is 11.5 Å². The highest BCUT2D eigenvalue weighted by atomic mass is 19.1. The Balaban J connectivity index is 1.78. The number of aromatic nitrogens is 1. The number of hydrogen-bond acceptors (Lipinski definition) is 3. The fourth-order valence-corrected chi connectivity index (χ4v) is 4.21. The molecule has 0 fully saturated rings. The van der Waals surface area contributed by atoms with Crippen molar-refractivity contribution in [1.82, 2.24) is 14.4 Å². The number of halogens is 1. The van der Waals surface area contributed by atoms with Gasteiger partial charge in [0, 0.05) is 51.7 Å². The number of methoxy groups -OCH3 is 1. The fraction of sp³-hybridized carbons (Fsp3) is 0.400. The highest BCUT2D eigenvalue weighted by molar-refractivity contribution is 5.84. The van der Waals surface area contributed by atoms with E-state index in [0.717, 1.165) is 29.7 Å². The molecule has 0 N–H and O–H groups in total. The van der Waals surface area contributed by atoms with Gasteiger partial charge in [0.25, 0.3) is 0 Å². The Morgan fingerprint density at radius 3 is 2.32 bits per heavy atom. The quantitative estimate of drug-likeness (QED) is 0.264. The molecular weight excluding hydrogens is 469 g/mol. The van der Waals surface area contributed by atoms with E-state index in [1.165, 1.54) is 12.1 Å². The summed E-state index contributed by atoms with van der Waals surface area (Å²) in [5.74, 6) is -0.356. The molecule has 198 valence electrons. The minimum absolute atomic E-state index is 0.00523. The summed E-state index contributed by atoms with van der Waals surface area (Å²) in [6, 6.07) is 20.3. The summed E-state index contributed by atoms with van der Waals surface area (Å²) in [4.78, 5) is 30.0. The average Bonchev–Trinajstić information content (AvgIpc) is 3.34. The van der Waals surface area contributed by atoms with E-state index >= 15 is 0 Å². The third-order valence-corrected chi connectivity index (χ3v) is 6.31. The van der Waals surface area contributed by atoms with Crippen LogP contribution in [0.4, 0.5) is 4.39 Å². The van der Waals surface area contributed by atoms with Gasteiger partial charge >= 0.3 is 0 Å². The molecule has 1 heterocycles. The van der Waals surface area contributed by atoms with Gasteiger partial charge in [-0.1, -0.05) is 55.8 Å². The van der Waals surface area contributed by atoms with Crippen LogP contribution in [0.25, 0.3) is 0 Å². The second-order valence-electron chi connectivity index (χ2n) is 9.25. The predicted molar refractivity (Wildman–Crippen MR) is 143 cm³/mol. The Morgan fingerprint density at radius 2 is 1.62 bits per heavy atom. The maximum absolute atomic E-state index is 13.7. The van der Waals surface area contributed by atoms with Gasteiger partial charge in [-0.05, 0) is 48.2 Å². The van der Waals surface area contributed by atoms with Crippen LogP contribution in [0.1, 0.15) is 49.4 Å². The van der Waals surface area contributed by atoms with E-state index in [9.17, 15) is 14.0 Å². The van der Waals surface area contributed by atoms with E-state index in [1.54, 1.807) is 24.1 Å². The van der Waals surface area contributed by atoms with E-state index < -0.39 is 0 Å². The Hall–Kier alpha value is -3.45. The monoisotopic (exact) mass is 507 g/mol. The maximum atomic E-state index is 13.7. The SMILES string of the molecule is CCCCC(=O)N(CCCOC)CC(=O)N(Cc1ccccc1)Cc1cccn1Cc1ccc(F)cc1. The molecule has 2 aromatic carbocycles. The zero-order chi connectivity index (χ0) is 26.5. The second-order valence-corrected chi connectivity index (χ2v) is 9.25. The molecule has 3 rings (SSSR count). The molecule has 0 radical (unpaired) electrons. The molecule has 3 aromatic rings. The van der Waals surface area contributed by atoms with Crippen molar-refractivity contribution in [3.05, 3.63) is 95.6 Å². The number of rotatable bonds is 15. The average molecular weight is 508 g/mol. The van der Waals surface area contributed by atoms with Gasteiger partial charge in [0.1, 0.15) is 5.82 Å². The number of nitrogens with zero attached hydrogens (tertiary/aromatic N) is 3. The summed E-state index contributed by atoms with van der Waals surface area (Å²) < 4.78 is 20.6. The predicted octanol–water partition coefficient (Wildman–Crippen LogP) is 5.26. The first-order valence-electron chi connectivity index (χ1n) is 13.0. The fourth-order valence-electron chi connectivity index (χ4n) is 4.21. The largest absolute Gasteiger partial charge is 0.385 e. The van der Waals surface area contributed by atoms with Crippen LogP contribution in [-0.2, 0) is 34.0 Å². The van der Waals surface area contributed by atoms with Crippen molar-refractivity contribution in [3.8, 4) is 0 Å². The highest BCUT2D eigenvalue weighted by Crippen LogP contribution is 2.15. The number of ether oxygens (including phenoxy) is 1. The summed E-state index contributed by atoms with van der Waals surface area (Å²) in [6.45, 7) is 4.54. The molecule has 0 bridgehead atoms. The zero-order valence-corrected chi connectivity index (χ0v) is 21.9. The summed E-state index contributed by atoms with van der Waals surface area (Å²) in [7, 11) is 1.64. The van der Waals surface area contributed by atoms with Crippen molar-refractivity contribution in [2.45, 2.75) is 52.2 Å². The Kier molecular flexibility index (Phi) is 11.4. The first kappa shape index (κ1) is 28.1. The summed E-state index contributed by atoms with van der Waals surface area (Å²) in [6.07, 6.45) is 4.82. The first-order chi connectivity index (χ1) is 18.0. The summed E-state index contributed by atoms with van der Waals surface area (Å²) in [5.41, 5.74) is 2.97. The molecule has 0 saturated carbocycles. The van der Waals surface area contributed by atoms with Crippen LogP contribution < -0.4 is 0 Å². The lowest BCUT2D eigenvalue weighted by Crippen LogP contribution is -2.43. The van der Waals surface area contributed by atoms with Crippen molar-refractivity contribution in [3.63, 3.8) is 0 Å². The van der Waals surface area contributed by atoms with E-state index in [1.807, 2.05) is 53.6 Å². The van der Waals surface area contributed by atoms with Gasteiger partial charge in [-0.25, -0.2) is 4.39 Å². The van der Waals surface area contributed by atoms with Crippen molar-refractivity contribution in [1.29, 1.82) is 0 Å². The minimum atomic E-state index is -0.264. The molecule has 0 aliphatic rings. The lowest BCUT2D eigenvalue weighted by atomic mass is 10.2. The third-order valence-electron chi connectivity index (χ3n) is 6.31. The van der Waals surface area contributed by atoms with Gasteiger partial charge in [0.2, 0.25) is 11.8 Å². The number of unbranched alkanes of at least 4 members (excludes halogenated alkanes) is 1. The number of hydrogen-bond donors (Lipinski definition) is 0. The molecule has 0 atom stereocenters. The van der Waals surface area contributed by atoms with Gasteiger partial charge in [-0.15, -0.1) is 0 Å². The minimum Gasteiger partial charge on any atom is -0.385 e. The number of carbonyl (C=O) groups excluding carboxylic acids is 2. The standard InChI is InChI=1S/C30H38FN3O3/c1-3-4-13-29(35)33(19-9-20-37-2)24-30(36)34(22-25-10-6-5-7-11-25)23-28-12-8-18-32(28)21-26-14-16-27(31)17-15-26/h5-8,10-12,14-18H,3-4,9,13,19-24H2,1-2H3. The van der Waals surface area contributed by atoms with Crippen LogP contribution >= 0.6 is 0 Å². The first-order valence-corrected chi connectivity index (χ1v) is 13.0. The van der Waals surface area contributed by atoms with Crippen LogP contribution in [0.3, 0.4) is 0 Å². The van der Waals surface area contributed by atoms with Crippen LogP contribution in [0.5, 0.6) is 0 Å². The molecule has 6 nitrogen and oxygen atoms in total. The van der Waals surface area contributed by atoms with Crippen LogP contribution in [0.2, 0.25) is 0 Å². The van der Waals surface area contributed by atoms with Crippen molar-refractivity contribution in [2.75, 3.05) is 26.8 Å². The van der Waals surface area contributed by atoms with E-state index in [-0.39, 0.29) is 24.2 Å². The van der Waals surface area contributed by atoms with Gasteiger partial charge < -0.3 is 19.1 Å². The van der Waals surface area contributed by atoms with Crippen LogP contribution in [0, 0.1) is 5.82 Å². The lowest BCUT2D eigenvalue weighted by molar-refractivity contribution is -0.141. The molecule has 37 heavy (non-hydrogen) atoms. The van der Waals surface area contributed by atoms with E-state index in [0.29, 0.717) is 45.6 Å². The van der Waals surface area contributed by atoms with Gasteiger partial charge in [-0.2, -0.15) is 0 Å². The Morgan fingerprint density at radius 1 is 0.865 bits per heavy atom. The normalized spacial score (nSPS) is 10.9. The van der Waals surface area contributed by atoms with Crippen molar-refractivity contribution in [2.24, 2.45) is 0 Å². The molecule has 0 spiro atoms. The summed E-state index contributed by atoms with van der Waals surface area (Å²) in [5, 5.41) is 0. The maximum Gasteiger partial charge on any atom is 0.242 e. The van der Waals surface area contributed by atoms with Crippen molar-refractivity contribution < 1.29 is 18.7 Å². The number of amides is 2. The van der Waals surface area contributed by atoms with E-state index in [4.69, 9.17) is 4.74 Å². The van der Waals surface area contributed by atoms with Crippen LogP contribution in [-0.4, -0.2) is 53.0 Å². The number of carbonyl (C=O) groups is 2. The molecule has 0 saturated heterocycles. The molecule has 0 unspecified atom stereocenters. The Labute approximate surface area is 219 Å². The zero-order valence-electron chi connectivity index (χ0n) is 21.9. The smallest absolute Gasteiger partial charge is 0.242 e. The number of benzene rings is 2. The van der Waals surface area contributed by atoms with Gasteiger partial charge in [0.05, 0.1) is 13.1 Å². The second kappa shape index (κ2) is 15.0.